The Labute approximate surface area is 189 Å². The summed E-state index contributed by atoms with van der Waals surface area (Å²) in [5.74, 6) is 0.234. The molecular weight excluding hydrogens is 436 g/mol. The Kier molecular flexibility index (Phi) is 7.62. The van der Waals surface area contributed by atoms with E-state index in [9.17, 15) is 13.2 Å². The van der Waals surface area contributed by atoms with Crippen LogP contribution in [0, 0.1) is 5.41 Å². The van der Waals surface area contributed by atoms with Gasteiger partial charge in [-0.25, -0.2) is 8.42 Å². The number of rotatable bonds is 9. The van der Waals surface area contributed by atoms with Crippen LogP contribution in [0.5, 0.6) is 5.75 Å². The average Bonchev–Trinajstić information content (AvgIpc) is 2.74. The molecule has 0 saturated carbocycles. The number of nitrogens with two attached hydrogens (primary N) is 1. The first-order valence-corrected chi connectivity index (χ1v) is 12.3. The zero-order valence-corrected chi connectivity index (χ0v) is 19.3. The standard InChI is InChI=1S/C23H29ClN2O4S/c1-2-3-18-4-10-21(11-5-18)31(28,29)26-14-12-23(13-15-26,16-22(25)27)17-30-20-8-6-19(24)7-9-20/h4-11H,2-3,12-17H2,1H3,(H2,25,27). The third-order valence-electron chi connectivity index (χ3n) is 5.79. The highest BCUT2D eigenvalue weighted by molar-refractivity contribution is 7.89. The first-order chi connectivity index (χ1) is 14.7. The highest BCUT2D eigenvalue weighted by Gasteiger charge is 2.40. The Morgan fingerprint density at radius 2 is 1.71 bits per heavy atom. The maximum Gasteiger partial charge on any atom is 0.243 e. The number of aryl methyl sites for hydroxylation is 1. The predicted octanol–water partition coefficient (Wildman–Crippen LogP) is 4.02. The third-order valence-corrected chi connectivity index (χ3v) is 7.96. The Balaban J connectivity index is 1.69. The van der Waals surface area contributed by atoms with E-state index in [1.165, 1.54) is 4.31 Å². The molecule has 1 saturated heterocycles. The first-order valence-electron chi connectivity index (χ1n) is 10.5. The second-order valence-electron chi connectivity index (χ2n) is 8.18. The SMILES string of the molecule is CCCc1ccc(S(=O)(=O)N2CCC(COc3ccc(Cl)cc3)(CC(N)=O)CC2)cc1. The van der Waals surface area contributed by atoms with E-state index < -0.39 is 21.3 Å². The average molecular weight is 465 g/mol. The molecule has 168 valence electrons. The smallest absolute Gasteiger partial charge is 0.243 e. The lowest BCUT2D eigenvalue weighted by Crippen LogP contribution is -2.47. The minimum Gasteiger partial charge on any atom is -0.493 e. The molecule has 0 bridgehead atoms. The fourth-order valence-corrected chi connectivity index (χ4v) is 5.54. The minimum atomic E-state index is -3.58. The lowest BCUT2D eigenvalue weighted by molar-refractivity contribution is -0.121. The summed E-state index contributed by atoms with van der Waals surface area (Å²) in [4.78, 5) is 12.0. The Morgan fingerprint density at radius 1 is 1.10 bits per heavy atom. The van der Waals surface area contributed by atoms with Crippen LogP contribution in [-0.4, -0.2) is 38.3 Å². The van der Waals surface area contributed by atoms with Crippen LogP contribution in [0.2, 0.25) is 5.02 Å². The van der Waals surface area contributed by atoms with Crippen LogP contribution in [-0.2, 0) is 21.2 Å². The second-order valence-corrected chi connectivity index (χ2v) is 10.6. The summed E-state index contributed by atoms with van der Waals surface area (Å²) in [6.45, 7) is 3.01. The van der Waals surface area contributed by atoms with Crippen molar-refractivity contribution in [2.75, 3.05) is 19.7 Å². The van der Waals surface area contributed by atoms with E-state index in [1.54, 1.807) is 36.4 Å². The molecule has 1 aliphatic heterocycles. The van der Waals surface area contributed by atoms with Gasteiger partial charge in [0.2, 0.25) is 15.9 Å². The minimum absolute atomic E-state index is 0.153. The number of carbonyl (C=O) groups is 1. The molecule has 8 heteroatoms. The van der Waals surface area contributed by atoms with Gasteiger partial charge >= 0.3 is 0 Å². The predicted molar refractivity (Wildman–Crippen MR) is 122 cm³/mol. The van der Waals surface area contributed by atoms with Crippen LogP contribution in [0.3, 0.4) is 0 Å². The van der Waals surface area contributed by atoms with Crippen molar-refractivity contribution in [2.24, 2.45) is 11.1 Å². The fourth-order valence-electron chi connectivity index (χ4n) is 3.98. The van der Waals surface area contributed by atoms with Crippen molar-refractivity contribution in [3.63, 3.8) is 0 Å². The molecule has 31 heavy (non-hydrogen) atoms. The van der Waals surface area contributed by atoms with Gasteiger partial charge in [0.15, 0.2) is 0 Å². The molecule has 0 atom stereocenters. The number of hydrogen-bond acceptors (Lipinski definition) is 4. The van der Waals surface area contributed by atoms with E-state index in [4.69, 9.17) is 22.1 Å². The number of sulfonamides is 1. The number of nitrogens with zero attached hydrogens (tertiary/aromatic N) is 1. The lowest BCUT2D eigenvalue weighted by Gasteiger charge is -2.40. The lowest BCUT2D eigenvalue weighted by atomic mass is 9.76. The molecule has 1 aliphatic rings. The van der Waals surface area contributed by atoms with Gasteiger partial charge in [-0.1, -0.05) is 37.1 Å². The fraction of sp³-hybridized carbons (Fsp3) is 0.435. The van der Waals surface area contributed by atoms with Gasteiger partial charge in [-0.2, -0.15) is 4.31 Å². The molecule has 2 aromatic carbocycles. The van der Waals surface area contributed by atoms with Crippen molar-refractivity contribution in [3.05, 3.63) is 59.1 Å². The van der Waals surface area contributed by atoms with Crippen LogP contribution in [0.4, 0.5) is 0 Å². The monoisotopic (exact) mass is 464 g/mol. The van der Waals surface area contributed by atoms with Gasteiger partial charge in [-0.3, -0.25) is 4.79 Å². The molecule has 0 spiro atoms. The zero-order valence-electron chi connectivity index (χ0n) is 17.7. The maximum absolute atomic E-state index is 13.1. The van der Waals surface area contributed by atoms with Crippen molar-refractivity contribution < 1.29 is 17.9 Å². The summed E-state index contributed by atoms with van der Waals surface area (Å²) < 4.78 is 33.6. The molecule has 1 heterocycles. The van der Waals surface area contributed by atoms with E-state index in [2.05, 4.69) is 6.92 Å². The quantitative estimate of drug-likeness (QED) is 0.606. The highest BCUT2D eigenvalue weighted by atomic mass is 35.5. The van der Waals surface area contributed by atoms with Crippen molar-refractivity contribution in [1.82, 2.24) is 4.31 Å². The number of piperidine rings is 1. The molecule has 0 radical (unpaired) electrons. The Morgan fingerprint density at radius 3 is 2.26 bits per heavy atom. The summed E-state index contributed by atoms with van der Waals surface area (Å²) in [5, 5.41) is 0.612. The van der Waals surface area contributed by atoms with E-state index in [0.29, 0.717) is 41.6 Å². The molecule has 2 N–H and O–H groups in total. The van der Waals surface area contributed by atoms with Gasteiger partial charge in [0, 0.05) is 29.9 Å². The second kappa shape index (κ2) is 10.0. The van der Waals surface area contributed by atoms with E-state index in [1.807, 2.05) is 12.1 Å². The van der Waals surface area contributed by atoms with Crippen LogP contribution < -0.4 is 10.5 Å². The molecule has 1 fully saturated rings. The topological polar surface area (TPSA) is 89.7 Å². The van der Waals surface area contributed by atoms with Gasteiger partial charge in [-0.05, 0) is 61.2 Å². The summed E-state index contributed by atoms with van der Waals surface area (Å²) in [5.41, 5.74) is 6.13. The Bertz CT molecular complexity index is 983. The summed E-state index contributed by atoms with van der Waals surface area (Å²) >= 11 is 5.91. The molecule has 0 unspecified atom stereocenters. The number of amides is 1. The third kappa shape index (κ3) is 5.99. The van der Waals surface area contributed by atoms with Crippen molar-refractivity contribution in [3.8, 4) is 5.75 Å². The molecule has 3 rings (SSSR count). The molecule has 6 nitrogen and oxygen atoms in total. The zero-order chi connectivity index (χ0) is 22.5. The van der Waals surface area contributed by atoms with Crippen molar-refractivity contribution >= 4 is 27.5 Å². The van der Waals surface area contributed by atoms with E-state index in [-0.39, 0.29) is 13.0 Å². The maximum atomic E-state index is 13.1. The summed E-state index contributed by atoms with van der Waals surface area (Å²) in [7, 11) is -3.58. The highest BCUT2D eigenvalue weighted by Crippen LogP contribution is 2.37. The molecule has 2 aromatic rings. The first kappa shape index (κ1) is 23.6. The molecule has 1 amide bonds. The number of primary amides is 1. The van der Waals surface area contributed by atoms with E-state index >= 15 is 0 Å². The molecular formula is C23H29ClN2O4S. The van der Waals surface area contributed by atoms with Crippen molar-refractivity contribution in [1.29, 1.82) is 0 Å². The number of ether oxygens (including phenoxy) is 1. The Hall–Kier alpha value is -2.09. The number of halogens is 1. The van der Waals surface area contributed by atoms with E-state index in [0.717, 1.165) is 18.4 Å². The van der Waals surface area contributed by atoms with Crippen LogP contribution in [0.15, 0.2) is 53.4 Å². The number of hydrogen-bond donors (Lipinski definition) is 1. The summed E-state index contributed by atoms with van der Waals surface area (Å²) in [6, 6.07) is 14.1. The molecule has 0 aliphatic carbocycles. The van der Waals surface area contributed by atoms with Crippen molar-refractivity contribution in [2.45, 2.75) is 43.9 Å². The van der Waals surface area contributed by atoms with Crippen LogP contribution in [0.25, 0.3) is 0 Å². The van der Waals surface area contributed by atoms with Gasteiger partial charge in [0.1, 0.15) is 5.75 Å². The van der Waals surface area contributed by atoms with Gasteiger partial charge in [0.25, 0.3) is 0 Å². The van der Waals surface area contributed by atoms with Gasteiger partial charge < -0.3 is 10.5 Å². The summed E-state index contributed by atoms with van der Waals surface area (Å²) in [6.07, 6.45) is 3.08. The van der Waals surface area contributed by atoms with Gasteiger partial charge in [-0.15, -0.1) is 0 Å². The number of benzene rings is 2. The van der Waals surface area contributed by atoms with Crippen LogP contribution in [0.1, 0.15) is 38.2 Å². The van der Waals surface area contributed by atoms with Crippen LogP contribution >= 0.6 is 11.6 Å². The number of carbonyl (C=O) groups excluding carboxylic acids is 1. The largest absolute Gasteiger partial charge is 0.493 e. The normalized spacial score (nSPS) is 16.7. The van der Waals surface area contributed by atoms with Gasteiger partial charge in [0.05, 0.1) is 11.5 Å². The molecule has 0 aromatic heterocycles.